The molecule has 0 aromatic heterocycles. The molecule has 248 valence electrons. The van der Waals surface area contributed by atoms with E-state index in [-0.39, 0.29) is 18.4 Å². The molecular formula is C39H38F3N3O3. The van der Waals surface area contributed by atoms with Crippen LogP contribution in [0.4, 0.5) is 18.9 Å². The van der Waals surface area contributed by atoms with Crippen molar-refractivity contribution >= 4 is 23.4 Å². The van der Waals surface area contributed by atoms with Crippen molar-refractivity contribution in [1.29, 1.82) is 0 Å². The number of benzene rings is 4. The lowest BCUT2D eigenvalue weighted by molar-refractivity contribution is -0.137. The Balaban J connectivity index is 1.36. The number of halogens is 3. The molecule has 1 fully saturated rings. The quantitative estimate of drug-likeness (QED) is 0.172. The van der Waals surface area contributed by atoms with Crippen LogP contribution in [0, 0.1) is 17.8 Å². The highest BCUT2D eigenvalue weighted by molar-refractivity contribution is 6.06. The zero-order valence-corrected chi connectivity index (χ0v) is 26.7. The van der Waals surface area contributed by atoms with Crippen molar-refractivity contribution in [2.45, 2.75) is 57.8 Å². The van der Waals surface area contributed by atoms with Crippen LogP contribution in [0.5, 0.6) is 0 Å². The molecule has 3 N–H and O–H groups in total. The number of nitrogens with zero attached hydrogens (tertiary/aromatic N) is 1. The van der Waals surface area contributed by atoms with Gasteiger partial charge in [0, 0.05) is 17.4 Å². The fraction of sp³-hybridized carbons (Fsp3) is 0.308. The van der Waals surface area contributed by atoms with Gasteiger partial charge in [0.2, 0.25) is 11.8 Å². The van der Waals surface area contributed by atoms with Gasteiger partial charge in [-0.2, -0.15) is 13.2 Å². The summed E-state index contributed by atoms with van der Waals surface area (Å²) < 4.78 is 39.5. The van der Waals surface area contributed by atoms with E-state index >= 15 is 0 Å². The number of fused-ring (bicyclic) bond motifs is 3. The molecule has 6 rings (SSSR count). The zero-order valence-electron chi connectivity index (χ0n) is 26.7. The van der Waals surface area contributed by atoms with E-state index in [0.29, 0.717) is 47.6 Å². The Morgan fingerprint density at radius 3 is 2.23 bits per heavy atom. The van der Waals surface area contributed by atoms with Crippen molar-refractivity contribution in [3.05, 3.63) is 114 Å². The molecule has 1 aliphatic carbocycles. The molecule has 1 aliphatic heterocycles. The fourth-order valence-corrected chi connectivity index (χ4v) is 6.79. The molecule has 4 aromatic carbocycles. The Morgan fingerprint density at radius 2 is 1.56 bits per heavy atom. The lowest BCUT2D eigenvalue weighted by Crippen LogP contribution is -2.46. The number of hydrogen-bond donors (Lipinski definition) is 2. The summed E-state index contributed by atoms with van der Waals surface area (Å²) in [5, 5.41) is 3.07. The Morgan fingerprint density at radius 1 is 0.875 bits per heavy atom. The highest BCUT2D eigenvalue weighted by Gasteiger charge is 2.41. The second-order valence-corrected chi connectivity index (χ2v) is 12.8. The maximum atomic E-state index is 14.7. The van der Waals surface area contributed by atoms with E-state index in [4.69, 9.17) is 5.73 Å². The Labute approximate surface area is 278 Å². The summed E-state index contributed by atoms with van der Waals surface area (Å²) in [7, 11) is 0. The van der Waals surface area contributed by atoms with E-state index in [9.17, 15) is 27.6 Å². The first-order valence-corrected chi connectivity index (χ1v) is 16.4. The third-order valence-electron chi connectivity index (χ3n) is 9.44. The van der Waals surface area contributed by atoms with Gasteiger partial charge in [-0.15, -0.1) is 0 Å². The van der Waals surface area contributed by atoms with E-state index in [1.54, 1.807) is 4.90 Å². The van der Waals surface area contributed by atoms with Crippen molar-refractivity contribution in [2.24, 2.45) is 23.5 Å². The number of nitrogens with one attached hydrogen (secondary N) is 1. The number of primary amides is 1. The van der Waals surface area contributed by atoms with Crippen LogP contribution in [-0.2, 0) is 27.1 Å². The molecule has 3 amide bonds. The second kappa shape index (κ2) is 13.7. The lowest BCUT2D eigenvalue weighted by atomic mass is 9.83. The lowest BCUT2D eigenvalue weighted by Gasteiger charge is -2.29. The van der Waals surface area contributed by atoms with Crippen LogP contribution < -0.4 is 16.0 Å². The smallest absolute Gasteiger partial charge is 0.369 e. The average Bonchev–Trinajstić information content (AvgIpc) is 3.92. The number of anilines is 1. The van der Waals surface area contributed by atoms with Gasteiger partial charge in [-0.05, 0) is 70.8 Å². The Hall–Kier alpha value is -4.92. The van der Waals surface area contributed by atoms with Crippen LogP contribution in [0.1, 0.15) is 61.8 Å². The van der Waals surface area contributed by atoms with E-state index < -0.39 is 35.5 Å². The maximum Gasteiger partial charge on any atom is 0.416 e. The highest BCUT2D eigenvalue weighted by atomic mass is 19.4. The van der Waals surface area contributed by atoms with Gasteiger partial charge in [0.15, 0.2) is 0 Å². The number of para-hydroxylation sites is 1. The van der Waals surface area contributed by atoms with Crippen LogP contribution in [-0.4, -0.2) is 17.7 Å². The van der Waals surface area contributed by atoms with Crippen LogP contribution in [0.3, 0.4) is 0 Å². The minimum atomic E-state index is -4.43. The monoisotopic (exact) mass is 653 g/mol. The molecule has 9 heteroatoms. The molecule has 0 saturated heterocycles. The van der Waals surface area contributed by atoms with Gasteiger partial charge in [-0.1, -0.05) is 99.0 Å². The largest absolute Gasteiger partial charge is 0.416 e. The topological polar surface area (TPSA) is 92.5 Å². The van der Waals surface area contributed by atoms with E-state index in [2.05, 4.69) is 5.32 Å². The summed E-state index contributed by atoms with van der Waals surface area (Å²) >= 11 is 0. The van der Waals surface area contributed by atoms with Crippen molar-refractivity contribution in [2.75, 3.05) is 4.90 Å². The summed E-state index contributed by atoms with van der Waals surface area (Å²) in [5.41, 5.74) is 10.1. The van der Waals surface area contributed by atoms with Crippen molar-refractivity contribution in [3.63, 3.8) is 0 Å². The summed E-state index contributed by atoms with van der Waals surface area (Å²) in [5.74, 6) is -2.12. The van der Waals surface area contributed by atoms with Gasteiger partial charge in [-0.3, -0.25) is 14.4 Å². The molecular weight excluding hydrogens is 615 g/mol. The fourth-order valence-electron chi connectivity index (χ4n) is 6.79. The molecule has 48 heavy (non-hydrogen) atoms. The van der Waals surface area contributed by atoms with E-state index in [1.807, 2.05) is 79.7 Å². The average molecular weight is 654 g/mol. The number of rotatable bonds is 11. The van der Waals surface area contributed by atoms with Gasteiger partial charge in [0.25, 0.3) is 5.91 Å². The van der Waals surface area contributed by atoms with Crippen LogP contribution in [0.2, 0.25) is 0 Å². The number of amides is 3. The number of hydrogen-bond acceptors (Lipinski definition) is 3. The molecule has 2 aliphatic rings. The summed E-state index contributed by atoms with van der Waals surface area (Å²) in [4.78, 5) is 43.0. The first kappa shape index (κ1) is 33.0. The molecule has 3 unspecified atom stereocenters. The molecule has 3 atom stereocenters. The standard InChI is InChI=1S/C39H38F3N3O3/c1-2-8-32(36(43)46)33(22-24-15-16-24)37(47)44-35-31-13-4-3-11-29(31)30-12-5-6-14-34(30)45(38(35)48)23-25-9-7-10-27(21-25)26-17-19-28(20-18-26)39(40,41)42/h3-7,9-14,17-21,24,32-33,35H,2,8,15-16,22-23H2,1H3,(H2,43,46)(H,44,47). The maximum absolute atomic E-state index is 14.7. The molecule has 0 spiro atoms. The van der Waals surface area contributed by atoms with E-state index in [0.717, 1.165) is 41.7 Å². The van der Waals surface area contributed by atoms with Crippen molar-refractivity contribution < 1.29 is 27.6 Å². The number of carbonyl (C=O) groups is 3. The molecule has 4 aromatic rings. The predicted molar refractivity (Wildman–Crippen MR) is 179 cm³/mol. The first-order valence-electron chi connectivity index (χ1n) is 16.4. The number of carbonyl (C=O) groups excluding carboxylic acids is 3. The van der Waals surface area contributed by atoms with Gasteiger partial charge in [0.05, 0.1) is 17.8 Å². The van der Waals surface area contributed by atoms with Crippen molar-refractivity contribution in [3.8, 4) is 22.3 Å². The number of nitrogens with two attached hydrogens (primary N) is 1. The van der Waals surface area contributed by atoms with Gasteiger partial charge >= 0.3 is 6.18 Å². The van der Waals surface area contributed by atoms with Crippen LogP contribution in [0.25, 0.3) is 22.3 Å². The van der Waals surface area contributed by atoms with Crippen molar-refractivity contribution in [1.82, 2.24) is 5.32 Å². The minimum absolute atomic E-state index is 0.149. The predicted octanol–water partition coefficient (Wildman–Crippen LogP) is 8.06. The molecule has 1 saturated carbocycles. The molecule has 1 heterocycles. The van der Waals surface area contributed by atoms with Gasteiger partial charge in [0.1, 0.15) is 6.04 Å². The zero-order chi connectivity index (χ0) is 34.0. The summed E-state index contributed by atoms with van der Waals surface area (Å²) in [6, 6.07) is 26.4. The molecule has 0 bridgehead atoms. The minimum Gasteiger partial charge on any atom is -0.369 e. The first-order chi connectivity index (χ1) is 23.0. The normalized spacial score (nSPS) is 17.1. The van der Waals surface area contributed by atoms with Crippen LogP contribution >= 0.6 is 0 Å². The summed E-state index contributed by atoms with van der Waals surface area (Å²) in [6.07, 6.45) is -0.700. The Bertz CT molecular complexity index is 1820. The second-order valence-electron chi connectivity index (χ2n) is 12.8. The third-order valence-corrected chi connectivity index (χ3v) is 9.44. The van der Waals surface area contributed by atoms with Gasteiger partial charge < -0.3 is 16.0 Å². The molecule has 0 radical (unpaired) electrons. The third kappa shape index (κ3) is 7.00. The Kier molecular flexibility index (Phi) is 9.40. The summed E-state index contributed by atoms with van der Waals surface area (Å²) in [6.45, 7) is 2.10. The number of alkyl halides is 3. The van der Waals surface area contributed by atoms with Gasteiger partial charge in [-0.25, -0.2) is 0 Å². The van der Waals surface area contributed by atoms with E-state index in [1.165, 1.54) is 12.1 Å². The SMILES string of the molecule is CCCC(C(N)=O)C(CC1CC1)C(=O)NC1C(=O)N(Cc2cccc(-c3ccc(C(F)(F)F)cc3)c2)c2ccccc2-c2ccccc21. The molecule has 6 nitrogen and oxygen atoms in total. The van der Waals surface area contributed by atoms with Crippen LogP contribution in [0.15, 0.2) is 97.1 Å². The highest BCUT2D eigenvalue weighted by Crippen LogP contribution is 2.42.